The summed E-state index contributed by atoms with van der Waals surface area (Å²) in [5.74, 6) is -1.18. The molecule has 1 heterocycles. The molecular formula is C12H18N2O4S. The topological polar surface area (TPSA) is 79.6 Å². The van der Waals surface area contributed by atoms with E-state index in [4.69, 9.17) is 5.11 Å². The van der Waals surface area contributed by atoms with Gasteiger partial charge in [0.05, 0.1) is 6.42 Å². The molecule has 0 aliphatic heterocycles. The van der Waals surface area contributed by atoms with Gasteiger partial charge in [-0.05, 0) is 20.8 Å². The number of aromatic nitrogens is 1. The van der Waals surface area contributed by atoms with E-state index in [-0.39, 0.29) is 36.3 Å². The molecule has 106 valence electrons. The molecule has 1 N–H and O–H groups in total. The zero-order chi connectivity index (χ0) is 14.6. The Labute approximate surface area is 115 Å². The first-order valence-corrected chi connectivity index (χ1v) is 6.87. The monoisotopic (exact) mass is 286 g/mol. The van der Waals surface area contributed by atoms with Crippen LogP contribution in [0.25, 0.3) is 0 Å². The van der Waals surface area contributed by atoms with Crippen molar-refractivity contribution in [1.29, 1.82) is 0 Å². The number of carbonyl (C=O) groups excluding carboxylic acids is 1. The standard InChI is InChI=1S/C12H18N2O4S/c1-8(2)13(5-4-11(16)17)10(15)6-14-9(3)7-19-12(14)18/h7-8H,4-6H2,1-3H3,(H,16,17). The Morgan fingerprint density at radius 1 is 1.47 bits per heavy atom. The second kappa shape index (κ2) is 6.51. The minimum absolute atomic E-state index is 0.0357. The molecule has 0 radical (unpaired) electrons. The Kier molecular flexibility index (Phi) is 5.29. The number of carboxylic acids is 1. The van der Waals surface area contributed by atoms with Crippen LogP contribution >= 0.6 is 11.3 Å². The van der Waals surface area contributed by atoms with Crippen LogP contribution in [0.2, 0.25) is 0 Å². The number of thiazole rings is 1. The second-order valence-corrected chi connectivity index (χ2v) is 5.37. The molecule has 0 bridgehead atoms. The fraction of sp³-hybridized carbons (Fsp3) is 0.583. The van der Waals surface area contributed by atoms with Crippen molar-refractivity contribution in [3.8, 4) is 0 Å². The van der Waals surface area contributed by atoms with Crippen molar-refractivity contribution in [2.45, 2.75) is 39.8 Å². The number of nitrogens with zero attached hydrogens (tertiary/aromatic N) is 2. The summed E-state index contributed by atoms with van der Waals surface area (Å²) in [6.45, 7) is 5.53. The van der Waals surface area contributed by atoms with Gasteiger partial charge >= 0.3 is 10.8 Å². The molecule has 1 aromatic rings. The minimum Gasteiger partial charge on any atom is -0.481 e. The Hall–Kier alpha value is -1.63. The minimum atomic E-state index is -0.942. The molecule has 0 fully saturated rings. The van der Waals surface area contributed by atoms with Crippen LogP contribution in [-0.2, 0) is 16.1 Å². The number of rotatable bonds is 6. The van der Waals surface area contributed by atoms with Crippen LogP contribution in [0.3, 0.4) is 0 Å². The van der Waals surface area contributed by atoms with E-state index in [1.165, 1.54) is 9.47 Å². The molecule has 0 aliphatic rings. The second-order valence-electron chi connectivity index (χ2n) is 4.55. The number of aryl methyl sites for hydroxylation is 1. The van der Waals surface area contributed by atoms with Crippen LogP contribution in [0.5, 0.6) is 0 Å². The van der Waals surface area contributed by atoms with Crippen LogP contribution in [0.1, 0.15) is 26.0 Å². The van der Waals surface area contributed by atoms with Crippen LogP contribution < -0.4 is 4.87 Å². The normalized spacial score (nSPS) is 10.7. The Bertz CT molecular complexity index is 518. The summed E-state index contributed by atoms with van der Waals surface area (Å²) in [5.41, 5.74) is 0.741. The third kappa shape index (κ3) is 4.20. The third-order valence-corrected chi connectivity index (χ3v) is 3.66. The van der Waals surface area contributed by atoms with E-state index in [9.17, 15) is 14.4 Å². The van der Waals surface area contributed by atoms with Gasteiger partial charge in [-0.15, -0.1) is 0 Å². The summed E-state index contributed by atoms with van der Waals surface area (Å²) in [6.07, 6.45) is -0.0958. The third-order valence-electron chi connectivity index (χ3n) is 2.78. The predicted octanol–water partition coefficient (Wildman–Crippen LogP) is 0.930. The van der Waals surface area contributed by atoms with E-state index >= 15 is 0 Å². The van der Waals surface area contributed by atoms with Crippen molar-refractivity contribution in [2.75, 3.05) is 6.54 Å². The molecule has 7 heteroatoms. The predicted molar refractivity (Wildman–Crippen MR) is 72.4 cm³/mol. The molecule has 0 aliphatic carbocycles. The molecule has 0 atom stereocenters. The lowest BCUT2D eigenvalue weighted by Gasteiger charge is -2.26. The maximum Gasteiger partial charge on any atom is 0.307 e. The molecule has 0 unspecified atom stereocenters. The van der Waals surface area contributed by atoms with Gasteiger partial charge in [0.2, 0.25) is 5.91 Å². The van der Waals surface area contributed by atoms with E-state index < -0.39 is 5.97 Å². The van der Waals surface area contributed by atoms with Gasteiger partial charge in [0.15, 0.2) is 0 Å². The Balaban J connectivity index is 2.78. The zero-order valence-electron chi connectivity index (χ0n) is 11.3. The molecule has 0 saturated carbocycles. The SMILES string of the molecule is Cc1csc(=O)n1CC(=O)N(CCC(=O)O)C(C)C. The van der Waals surface area contributed by atoms with Crippen LogP contribution in [0, 0.1) is 6.92 Å². The van der Waals surface area contributed by atoms with Gasteiger partial charge in [-0.1, -0.05) is 11.3 Å². The van der Waals surface area contributed by atoms with Gasteiger partial charge in [0, 0.05) is 23.7 Å². The largest absolute Gasteiger partial charge is 0.481 e. The van der Waals surface area contributed by atoms with E-state index in [0.29, 0.717) is 0 Å². The van der Waals surface area contributed by atoms with Crippen molar-refractivity contribution < 1.29 is 14.7 Å². The highest BCUT2D eigenvalue weighted by Gasteiger charge is 2.19. The van der Waals surface area contributed by atoms with Crippen LogP contribution in [0.4, 0.5) is 0 Å². The summed E-state index contributed by atoms with van der Waals surface area (Å²) in [6, 6.07) is -0.0958. The fourth-order valence-electron chi connectivity index (χ4n) is 1.71. The summed E-state index contributed by atoms with van der Waals surface area (Å²) in [7, 11) is 0. The zero-order valence-corrected chi connectivity index (χ0v) is 12.1. The first-order valence-electron chi connectivity index (χ1n) is 5.99. The van der Waals surface area contributed by atoms with Crippen molar-refractivity contribution in [3.05, 3.63) is 20.7 Å². The van der Waals surface area contributed by atoms with Gasteiger partial charge in [-0.2, -0.15) is 0 Å². The van der Waals surface area contributed by atoms with Gasteiger partial charge < -0.3 is 10.0 Å². The van der Waals surface area contributed by atoms with Gasteiger partial charge in [0.25, 0.3) is 0 Å². The van der Waals surface area contributed by atoms with Crippen LogP contribution in [-0.4, -0.2) is 39.0 Å². The smallest absolute Gasteiger partial charge is 0.307 e. The highest BCUT2D eigenvalue weighted by molar-refractivity contribution is 7.07. The highest BCUT2D eigenvalue weighted by atomic mass is 32.1. The first-order chi connectivity index (χ1) is 8.82. The Morgan fingerprint density at radius 3 is 2.53 bits per heavy atom. The summed E-state index contributed by atoms with van der Waals surface area (Å²) >= 11 is 1.05. The molecule has 6 nitrogen and oxygen atoms in total. The average Bonchev–Trinajstić information content (AvgIpc) is 2.60. The summed E-state index contributed by atoms with van der Waals surface area (Å²) in [4.78, 5) is 35.6. The molecule has 1 rings (SSSR count). The fourth-order valence-corrected chi connectivity index (χ4v) is 2.44. The van der Waals surface area contributed by atoms with Crippen molar-refractivity contribution >= 4 is 23.2 Å². The van der Waals surface area contributed by atoms with Gasteiger partial charge in [-0.25, -0.2) is 0 Å². The van der Waals surface area contributed by atoms with Crippen molar-refractivity contribution in [1.82, 2.24) is 9.47 Å². The molecule has 19 heavy (non-hydrogen) atoms. The van der Waals surface area contributed by atoms with E-state index in [1.807, 2.05) is 13.8 Å². The number of aliphatic carboxylic acids is 1. The maximum atomic E-state index is 12.1. The van der Waals surface area contributed by atoms with Crippen LogP contribution in [0.15, 0.2) is 10.2 Å². The van der Waals surface area contributed by atoms with Crippen molar-refractivity contribution in [2.24, 2.45) is 0 Å². The highest BCUT2D eigenvalue weighted by Crippen LogP contribution is 2.05. The quantitative estimate of drug-likeness (QED) is 0.843. The van der Waals surface area contributed by atoms with Gasteiger partial charge in [-0.3, -0.25) is 19.0 Å². The molecule has 0 aromatic carbocycles. The molecule has 0 spiro atoms. The number of hydrogen-bond donors (Lipinski definition) is 1. The lowest BCUT2D eigenvalue weighted by atomic mass is 10.2. The Morgan fingerprint density at radius 2 is 2.11 bits per heavy atom. The lowest BCUT2D eigenvalue weighted by Crippen LogP contribution is -2.41. The number of hydrogen-bond acceptors (Lipinski definition) is 4. The number of carbonyl (C=O) groups is 2. The molecule has 1 aromatic heterocycles. The molecule has 0 saturated heterocycles. The van der Waals surface area contributed by atoms with Gasteiger partial charge in [0.1, 0.15) is 6.54 Å². The summed E-state index contributed by atoms with van der Waals surface area (Å²) < 4.78 is 1.41. The van der Waals surface area contributed by atoms with Crippen molar-refractivity contribution in [3.63, 3.8) is 0 Å². The lowest BCUT2D eigenvalue weighted by molar-refractivity contribution is -0.139. The van der Waals surface area contributed by atoms with E-state index in [0.717, 1.165) is 17.0 Å². The average molecular weight is 286 g/mol. The number of carboxylic acid groups (broad SMARTS) is 1. The van der Waals surface area contributed by atoms with E-state index in [2.05, 4.69) is 0 Å². The molecule has 1 amide bonds. The van der Waals surface area contributed by atoms with E-state index in [1.54, 1.807) is 12.3 Å². The maximum absolute atomic E-state index is 12.1. The summed E-state index contributed by atoms with van der Waals surface area (Å²) in [5, 5.41) is 10.4. The molecular weight excluding hydrogens is 268 g/mol. The number of amides is 1. The first kappa shape index (κ1) is 15.4.